The van der Waals surface area contributed by atoms with Crippen LogP contribution in [-0.4, -0.2) is 29.0 Å². The normalized spacial score (nSPS) is 14.2. The molecular weight excluding hydrogens is 216 g/mol. The molecule has 0 bridgehead atoms. The monoisotopic (exact) mass is 232 g/mol. The van der Waals surface area contributed by atoms with Crippen LogP contribution < -0.4 is 10.6 Å². The Morgan fingerprint density at radius 2 is 1.88 bits per heavy atom. The second kappa shape index (κ2) is 4.63. The number of nitrogens with one attached hydrogen (secondary N) is 2. The van der Waals surface area contributed by atoms with E-state index in [4.69, 9.17) is 0 Å². The summed E-state index contributed by atoms with van der Waals surface area (Å²) in [5.41, 5.74) is 3.60. The summed E-state index contributed by atoms with van der Waals surface area (Å²) in [7, 11) is 0. The van der Waals surface area contributed by atoms with Gasteiger partial charge < -0.3 is 5.32 Å². The van der Waals surface area contributed by atoms with Crippen LogP contribution in [0.5, 0.6) is 0 Å². The van der Waals surface area contributed by atoms with Crippen LogP contribution in [0.2, 0.25) is 0 Å². The number of carbonyl (C=O) groups excluding carboxylic acids is 1. The van der Waals surface area contributed by atoms with Crippen LogP contribution in [0.15, 0.2) is 17.2 Å². The molecule has 0 saturated carbocycles. The predicted octanol–water partition coefficient (Wildman–Crippen LogP) is 0.952. The van der Waals surface area contributed by atoms with Crippen molar-refractivity contribution >= 4 is 11.9 Å². The SMILES string of the molecule is CC(C(=O)Nc1nc(C)cc(C)n1)=C1CNC1. The number of anilines is 1. The quantitative estimate of drug-likeness (QED) is 0.745. The molecule has 1 amide bonds. The molecule has 2 N–H and O–H groups in total. The minimum Gasteiger partial charge on any atom is -0.309 e. The maximum absolute atomic E-state index is 11.9. The zero-order valence-corrected chi connectivity index (χ0v) is 10.3. The third kappa shape index (κ3) is 2.68. The maximum atomic E-state index is 11.9. The fraction of sp³-hybridized carbons (Fsp3) is 0.417. The smallest absolute Gasteiger partial charge is 0.253 e. The third-order valence-electron chi connectivity index (χ3n) is 2.76. The van der Waals surface area contributed by atoms with Crippen molar-refractivity contribution in [2.24, 2.45) is 0 Å². The first-order valence-electron chi connectivity index (χ1n) is 5.59. The minimum atomic E-state index is -0.119. The molecule has 1 aliphatic heterocycles. The Labute approximate surface area is 100 Å². The zero-order valence-electron chi connectivity index (χ0n) is 10.3. The Morgan fingerprint density at radius 1 is 1.29 bits per heavy atom. The molecule has 90 valence electrons. The van der Waals surface area contributed by atoms with Crippen molar-refractivity contribution in [1.82, 2.24) is 15.3 Å². The van der Waals surface area contributed by atoms with Crippen molar-refractivity contribution in [3.8, 4) is 0 Å². The van der Waals surface area contributed by atoms with Crippen LogP contribution in [0, 0.1) is 13.8 Å². The van der Waals surface area contributed by atoms with Gasteiger partial charge in [-0.3, -0.25) is 10.1 Å². The highest BCUT2D eigenvalue weighted by Gasteiger charge is 2.16. The molecule has 1 fully saturated rings. The summed E-state index contributed by atoms with van der Waals surface area (Å²) in [6, 6.07) is 1.87. The van der Waals surface area contributed by atoms with Gasteiger partial charge in [-0.2, -0.15) is 0 Å². The molecule has 0 spiro atoms. The van der Waals surface area contributed by atoms with E-state index in [0.29, 0.717) is 5.95 Å². The van der Waals surface area contributed by atoms with E-state index in [-0.39, 0.29) is 5.91 Å². The van der Waals surface area contributed by atoms with Gasteiger partial charge >= 0.3 is 0 Å². The molecule has 5 heteroatoms. The molecule has 1 saturated heterocycles. The average molecular weight is 232 g/mol. The van der Waals surface area contributed by atoms with Crippen LogP contribution in [0.25, 0.3) is 0 Å². The van der Waals surface area contributed by atoms with Crippen molar-refractivity contribution in [2.75, 3.05) is 18.4 Å². The predicted molar refractivity (Wildman–Crippen MR) is 65.7 cm³/mol. The molecule has 17 heavy (non-hydrogen) atoms. The Kier molecular flexibility index (Phi) is 3.19. The molecule has 5 nitrogen and oxygen atoms in total. The number of hydrogen-bond donors (Lipinski definition) is 2. The number of hydrogen-bond acceptors (Lipinski definition) is 4. The van der Waals surface area contributed by atoms with Crippen molar-refractivity contribution in [3.05, 3.63) is 28.6 Å². The Hall–Kier alpha value is -1.75. The number of nitrogens with zero attached hydrogens (tertiary/aromatic N) is 2. The van der Waals surface area contributed by atoms with Crippen LogP contribution in [0.4, 0.5) is 5.95 Å². The van der Waals surface area contributed by atoms with E-state index in [2.05, 4.69) is 20.6 Å². The second-order valence-corrected chi connectivity index (χ2v) is 4.26. The fourth-order valence-corrected chi connectivity index (χ4v) is 1.65. The highest BCUT2D eigenvalue weighted by Crippen LogP contribution is 2.11. The third-order valence-corrected chi connectivity index (χ3v) is 2.76. The lowest BCUT2D eigenvalue weighted by Gasteiger charge is -2.21. The van der Waals surface area contributed by atoms with Gasteiger partial charge in [0.1, 0.15) is 0 Å². The Morgan fingerprint density at radius 3 is 2.35 bits per heavy atom. The standard InChI is InChI=1S/C12H16N4O/c1-7-4-8(2)15-12(14-7)16-11(17)9(3)10-5-13-6-10/h4,13H,5-6H2,1-3H3,(H,14,15,16,17). The summed E-state index contributed by atoms with van der Waals surface area (Å²) < 4.78 is 0. The Balaban J connectivity index is 2.12. The lowest BCUT2D eigenvalue weighted by atomic mass is 10.0. The van der Waals surface area contributed by atoms with Crippen LogP contribution >= 0.6 is 0 Å². The van der Waals surface area contributed by atoms with Gasteiger partial charge in [0.25, 0.3) is 5.91 Å². The zero-order chi connectivity index (χ0) is 12.4. The van der Waals surface area contributed by atoms with E-state index in [1.807, 2.05) is 26.8 Å². The molecule has 1 aromatic rings. The molecule has 0 aromatic carbocycles. The molecule has 1 aromatic heterocycles. The van der Waals surface area contributed by atoms with Crippen LogP contribution in [0.1, 0.15) is 18.3 Å². The summed E-state index contributed by atoms with van der Waals surface area (Å²) >= 11 is 0. The first-order chi connectivity index (χ1) is 8.06. The number of carbonyl (C=O) groups is 1. The van der Waals surface area contributed by atoms with Crippen molar-refractivity contribution in [3.63, 3.8) is 0 Å². The van der Waals surface area contributed by atoms with Gasteiger partial charge in [-0.05, 0) is 32.4 Å². The summed E-state index contributed by atoms with van der Waals surface area (Å²) in [5.74, 6) is 0.256. The number of aromatic nitrogens is 2. The van der Waals surface area contributed by atoms with Crippen LogP contribution in [0.3, 0.4) is 0 Å². The fourth-order valence-electron chi connectivity index (χ4n) is 1.65. The highest BCUT2D eigenvalue weighted by molar-refractivity contribution is 6.03. The van der Waals surface area contributed by atoms with Crippen molar-refractivity contribution in [1.29, 1.82) is 0 Å². The van der Waals surface area contributed by atoms with Gasteiger partial charge in [0, 0.05) is 30.1 Å². The first kappa shape index (κ1) is 11.7. The molecule has 1 aliphatic rings. The van der Waals surface area contributed by atoms with Gasteiger partial charge in [-0.25, -0.2) is 9.97 Å². The van der Waals surface area contributed by atoms with Gasteiger partial charge in [-0.1, -0.05) is 0 Å². The van der Waals surface area contributed by atoms with Crippen LogP contribution in [-0.2, 0) is 4.79 Å². The lowest BCUT2D eigenvalue weighted by molar-refractivity contribution is -0.112. The largest absolute Gasteiger partial charge is 0.309 e. The average Bonchev–Trinajstić information content (AvgIpc) is 2.12. The molecule has 0 aliphatic carbocycles. The number of amides is 1. The molecule has 0 radical (unpaired) electrons. The second-order valence-electron chi connectivity index (χ2n) is 4.26. The highest BCUT2D eigenvalue weighted by atomic mass is 16.1. The van der Waals surface area contributed by atoms with E-state index >= 15 is 0 Å². The number of rotatable bonds is 2. The van der Waals surface area contributed by atoms with E-state index in [1.165, 1.54) is 0 Å². The minimum absolute atomic E-state index is 0.119. The van der Waals surface area contributed by atoms with E-state index in [0.717, 1.165) is 35.6 Å². The van der Waals surface area contributed by atoms with Gasteiger partial charge in [0.15, 0.2) is 0 Å². The van der Waals surface area contributed by atoms with Crippen molar-refractivity contribution < 1.29 is 4.79 Å². The van der Waals surface area contributed by atoms with E-state index in [9.17, 15) is 4.79 Å². The first-order valence-corrected chi connectivity index (χ1v) is 5.59. The van der Waals surface area contributed by atoms with E-state index in [1.54, 1.807) is 0 Å². The molecule has 0 unspecified atom stereocenters. The van der Waals surface area contributed by atoms with Gasteiger partial charge in [0.05, 0.1) is 0 Å². The topological polar surface area (TPSA) is 66.9 Å². The molecule has 0 atom stereocenters. The lowest BCUT2D eigenvalue weighted by Crippen LogP contribution is -2.36. The molecule has 2 heterocycles. The van der Waals surface area contributed by atoms with Crippen molar-refractivity contribution in [2.45, 2.75) is 20.8 Å². The summed E-state index contributed by atoms with van der Waals surface area (Å²) in [5, 5.41) is 5.84. The molecule has 2 rings (SSSR count). The van der Waals surface area contributed by atoms with Gasteiger partial charge in [-0.15, -0.1) is 0 Å². The Bertz CT molecular complexity index is 467. The number of aryl methyl sites for hydroxylation is 2. The summed E-state index contributed by atoms with van der Waals surface area (Å²) in [6.45, 7) is 7.19. The summed E-state index contributed by atoms with van der Waals surface area (Å²) in [4.78, 5) is 20.2. The summed E-state index contributed by atoms with van der Waals surface area (Å²) in [6.07, 6.45) is 0. The maximum Gasteiger partial charge on any atom is 0.253 e. The van der Waals surface area contributed by atoms with Gasteiger partial charge in [0.2, 0.25) is 5.95 Å². The van der Waals surface area contributed by atoms with E-state index < -0.39 is 0 Å². The molecular formula is C12H16N4O.